The number of ketones is 1. The van der Waals surface area contributed by atoms with Gasteiger partial charge in [-0.2, -0.15) is 11.8 Å². The average molecular weight is 579 g/mol. The van der Waals surface area contributed by atoms with Crippen molar-refractivity contribution in [2.24, 2.45) is 0 Å². The first-order valence-corrected chi connectivity index (χ1v) is 15.0. The number of Topliss-reactive ketones (excluding diaryl/α,β-unsaturated/α-hetero) is 1. The number of aliphatic hydroxyl groups excluding tert-OH is 2. The summed E-state index contributed by atoms with van der Waals surface area (Å²) >= 11 is 1.65. The molecule has 4 rings (SSSR count). The lowest BCUT2D eigenvalue weighted by molar-refractivity contribution is -0.245. The zero-order chi connectivity index (χ0) is 29.0. The Morgan fingerprint density at radius 2 is 1.59 bits per heavy atom. The molecule has 9 heteroatoms. The first-order valence-electron chi connectivity index (χ1n) is 13.8. The number of ether oxygens (including phenoxy) is 2. The van der Waals surface area contributed by atoms with Crippen molar-refractivity contribution in [3.63, 3.8) is 0 Å². The van der Waals surface area contributed by atoms with Gasteiger partial charge in [-0.05, 0) is 35.6 Å². The van der Waals surface area contributed by atoms with Crippen LogP contribution in [0.15, 0.2) is 78.9 Å². The fourth-order valence-electron chi connectivity index (χ4n) is 4.63. The van der Waals surface area contributed by atoms with Gasteiger partial charge in [-0.1, -0.05) is 78.9 Å². The van der Waals surface area contributed by atoms with Crippen molar-refractivity contribution in [3.8, 4) is 0 Å². The van der Waals surface area contributed by atoms with Crippen LogP contribution in [0.1, 0.15) is 53.6 Å². The van der Waals surface area contributed by atoms with E-state index in [0.717, 1.165) is 33.6 Å². The summed E-state index contributed by atoms with van der Waals surface area (Å²) in [5.41, 5.74) is 4.61. The van der Waals surface area contributed by atoms with E-state index in [1.807, 2.05) is 78.9 Å². The Hall–Kier alpha value is -3.21. The van der Waals surface area contributed by atoms with Gasteiger partial charge in [0.1, 0.15) is 0 Å². The molecule has 0 aliphatic carbocycles. The van der Waals surface area contributed by atoms with Crippen molar-refractivity contribution in [2.45, 2.75) is 57.5 Å². The highest BCUT2D eigenvalue weighted by molar-refractivity contribution is 7.99. The number of urea groups is 1. The van der Waals surface area contributed by atoms with Crippen molar-refractivity contribution in [1.29, 1.82) is 0 Å². The van der Waals surface area contributed by atoms with E-state index in [-0.39, 0.29) is 31.2 Å². The molecule has 1 aliphatic heterocycles. The van der Waals surface area contributed by atoms with Crippen molar-refractivity contribution >= 4 is 23.6 Å². The molecule has 1 aliphatic rings. The Morgan fingerprint density at radius 3 is 2.24 bits per heavy atom. The largest absolute Gasteiger partial charge is 0.396 e. The van der Waals surface area contributed by atoms with Gasteiger partial charge in [0.15, 0.2) is 12.1 Å². The van der Waals surface area contributed by atoms with Crippen molar-refractivity contribution in [1.82, 2.24) is 10.6 Å². The normalized spacial score (nSPS) is 19.3. The smallest absolute Gasteiger partial charge is 0.315 e. The number of aliphatic hydroxyl groups is 2. The van der Waals surface area contributed by atoms with Gasteiger partial charge < -0.3 is 30.3 Å². The van der Waals surface area contributed by atoms with Gasteiger partial charge in [-0.3, -0.25) is 4.79 Å². The molecule has 8 nitrogen and oxygen atoms in total. The monoisotopic (exact) mass is 578 g/mol. The Bertz CT molecular complexity index is 1240. The summed E-state index contributed by atoms with van der Waals surface area (Å²) in [6.45, 7) is 1.90. The molecular weight excluding hydrogens is 540 g/mol. The Morgan fingerprint density at radius 1 is 0.902 bits per heavy atom. The molecule has 0 radical (unpaired) electrons. The van der Waals surface area contributed by atoms with Gasteiger partial charge in [0.05, 0.1) is 31.5 Å². The number of nitrogens with one attached hydrogen (secondary N) is 2. The molecule has 3 aromatic rings. The Kier molecular flexibility index (Phi) is 11.8. The van der Waals surface area contributed by atoms with Crippen LogP contribution in [0, 0.1) is 0 Å². The van der Waals surface area contributed by atoms with E-state index in [4.69, 9.17) is 9.47 Å². The first-order chi connectivity index (χ1) is 19.9. The number of rotatable bonds is 13. The van der Waals surface area contributed by atoms with E-state index in [1.54, 1.807) is 11.8 Å². The Balaban J connectivity index is 1.35. The maximum absolute atomic E-state index is 12.5. The first kappa shape index (κ1) is 30.7. The van der Waals surface area contributed by atoms with Gasteiger partial charge in [0.25, 0.3) is 0 Å². The summed E-state index contributed by atoms with van der Waals surface area (Å²) in [4.78, 5) is 24.6. The maximum atomic E-state index is 12.5. The summed E-state index contributed by atoms with van der Waals surface area (Å²) in [5.74, 6) is 1.29. The van der Waals surface area contributed by atoms with Crippen LogP contribution in [0.5, 0.6) is 0 Å². The highest BCUT2D eigenvalue weighted by atomic mass is 32.2. The second kappa shape index (κ2) is 15.7. The fourth-order valence-corrected chi connectivity index (χ4v) is 5.41. The highest BCUT2D eigenvalue weighted by Gasteiger charge is 2.32. The third kappa shape index (κ3) is 9.41. The van der Waals surface area contributed by atoms with Gasteiger partial charge in [-0.25, -0.2) is 4.79 Å². The van der Waals surface area contributed by atoms with Crippen LogP contribution < -0.4 is 10.6 Å². The summed E-state index contributed by atoms with van der Waals surface area (Å²) in [5, 5.41) is 24.2. The molecule has 4 atom stereocenters. The minimum atomic E-state index is -0.600. The predicted octanol–water partition coefficient (Wildman–Crippen LogP) is 4.45. The number of carbonyl (C=O) groups is 2. The van der Waals surface area contributed by atoms with E-state index in [9.17, 15) is 19.8 Å². The SMILES string of the molecule is CC(=O)[C@@H](Cc1ccccc1)NC(=O)NCc1ccc(C2O[C@H](CSCCO)C[C@H](c3ccc(CO)cc3)O2)cc1. The van der Waals surface area contributed by atoms with Crippen LogP contribution in [-0.4, -0.2) is 52.3 Å². The van der Waals surface area contributed by atoms with Crippen molar-refractivity contribution in [3.05, 3.63) is 107 Å². The van der Waals surface area contributed by atoms with Gasteiger partial charge >= 0.3 is 6.03 Å². The van der Waals surface area contributed by atoms with Gasteiger partial charge in [-0.15, -0.1) is 0 Å². The van der Waals surface area contributed by atoms with Crippen LogP contribution in [0.25, 0.3) is 0 Å². The van der Waals surface area contributed by atoms with Crippen LogP contribution >= 0.6 is 11.8 Å². The molecule has 1 fully saturated rings. The van der Waals surface area contributed by atoms with Crippen LogP contribution in [0.3, 0.4) is 0 Å². The summed E-state index contributed by atoms with van der Waals surface area (Å²) in [7, 11) is 0. The molecule has 0 spiro atoms. The molecule has 1 saturated heterocycles. The molecule has 1 unspecified atom stereocenters. The highest BCUT2D eigenvalue weighted by Crippen LogP contribution is 2.38. The van der Waals surface area contributed by atoms with E-state index in [2.05, 4.69) is 10.6 Å². The molecule has 4 N–H and O–H groups in total. The third-order valence-electron chi connectivity index (χ3n) is 6.94. The number of thioether (sulfide) groups is 1. The predicted molar refractivity (Wildman–Crippen MR) is 159 cm³/mol. The fraction of sp³-hybridized carbons (Fsp3) is 0.375. The summed E-state index contributed by atoms with van der Waals surface area (Å²) < 4.78 is 12.7. The maximum Gasteiger partial charge on any atom is 0.315 e. The van der Waals surface area contributed by atoms with Gasteiger partial charge in [0, 0.05) is 30.0 Å². The lowest BCUT2D eigenvalue weighted by Gasteiger charge is -2.36. The third-order valence-corrected chi connectivity index (χ3v) is 8.02. The summed E-state index contributed by atoms with van der Waals surface area (Å²) in [6.07, 6.45) is 0.340. The standard InChI is InChI=1S/C32H38N2O6S/c1-22(37)29(17-23-5-3-2-4-6-23)34-32(38)33-19-24-7-13-27(14-8-24)31-39-28(21-41-16-15-35)18-30(40-31)26-11-9-25(20-36)10-12-26/h2-14,28-31,35-36H,15-21H2,1H3,(H2,33,34,38)/t28-,29+,30+,31?/m0/s1. The van der Waals surface area contributed by atoms with Crippen molar-refractivity contribution < 1.29 is 29.3 Å². The molecular formula is C32H38N2O6S. The molecule has 41 heavy (non-hydrogen) atoms. The number of hydrogen-bond donors (Lipinski definition) is 4. The molecule has 0 saturated carbocycles. The van der Waals surface area contributed by atoms with E-state index in [1.165, 1.54) is 6.92 Å². The second-order valence-electron chi connectivity index (χ2n) is 10.1. The molecule has 218 valence electrons. The minimum absolute atomic E-state index is 0.00811. The summed E-state index contributed by atoms with van der Waals surface area (Å²) in [6, 6.07) is 24.1. The second-order valence-corrected chi connectivity index (χ2v) is 11.2. The lowest BCUT2D eigenvalue weighted by Crippen LogP contribution is -2.46. The molecule has 0 bridgehead atoms. The molecule has 2 amide bonds. The van der Waals surface area contributed by atoms with Gasteiger partial charge in [0.2, 0.25) is 0 Å². The number of amides is 2. The zero-order valence-corrected chi connectivity index (χ0v) is 24.0. The number of benzene rings is 3. The topological polar surface area (TPSA) is 117 Å². The van der Waals surface area contributed by atoms with Crippen LogP contribution in [-0.2, 0) is 33.8 Å². The number of carbonyl (C=O) groups excluding carboxylic acids is 2. The quantitative estimate of drug-likeness (QED) is 0.222. The molecule has 1 heterocycles. The zero-order valence-electron chi connectivity index (χ0n) is 23.2. The van der Waals surface area contributed by atoms with Crippen molar-refractivity contribution in [2.75, 3.05) is 18.1 Å². The van der Waals surface area contributed by atoms with Crippen LogP contribution in [0.4, 0.5) is 4.79 Å². The van der Waals surface area contributed by atoms with Crippen LogP contribution in [0.2, 0.25) is 0 Å². The van der Waals surface area contributed by atoms with E-state index < -0.39 is 18.4 Å². The molecule has 0 aromatic heterocycles. The molecule has 3 aromatic carbocycles. The average Bonchev–Trinajstić information content (AvgIpc) is 3.00. The van der Waals surface area contributed by atoms with E-state index >= 15 is 0 Å². The van der Waals surface area contributed by atoms with E-state index in [0.29, 0.717) is 25.1 Å². The minimum Gasteiger partial charge on any atom is -0.396 e. The Labute approximate surface area is 245 Å². The lowest BCUT2D eigenvalue weighted by atomic mass is 10.0. The number of hydrogen-bond acceptors (Lipinski definition) is 7.